The minimum Gasteiger partial charge on any atom is -0.324 e. The quantitative estimate of drug-likeness (QED) is 0.0746. The minimum atomic E-state index is -4.11. The summed E-state index contributed by atoms with van der Waals surface area (Å²) in [4.78, 5) is 21.0. The van der Waals surface area contributed by atoms with Crippen LogP contribution in [-0.2, 0) is 4.57 Å². The Bertz CT molecular complexity index is 472. The second kappa shape index (κ2) is 25.4. The van der Waals surface area contributed by atoms with Crippen LogP contribution in [0.15, 0.2) is 0 Å². The zero-order valence-corrected chi connectivity index (χ0v) is 25.9. The lowest BCUT2D eigenvalue weighted by atomic mass is 9.88. The first-order valence-electron chi connectivity index (χ1n) is 16.5. The van der Waals surface area contributed by atoms with E-state index in [0.29, 0.717) is 0 Å². The van der Waals surface area contributed by atoms with Gasteiger partial charge in [0.25, 0.3) is 0 Å². The molecule has 0 atom stereocenters. The van der Waals surface area contributed by atoms with Gasteiger partial charge < -0.3 is 9.79 Å². The van der Waals surface area contributed by atoms with Crippen molar-refractivity contribution in [2.45, 2.75) is 206 Å². The maximum absolute atomic E-state index is 12.8. The fourth-order valence-electron chi connectivity index (χ4n) is 5.75. The first-order chi connectivity index (χ1) is 17.4. The Balaban J connectivity index is 4.41. The number of rotatable bonds is 29. The molecule has 0 aromatic heterocycles. The molecule has 0 aliphatic rings. The van der Waals surface area contributed by atoms with Crippen molar-refractivity contribution in [3.05, 3.63) is 0 Å². The first-order valence-corrected chi connectivity index (χ1v) is 18.1. The molecule has 0 spiro atoms. The Kier molecular flexibility index (Phi) is 25.5. The van der Waals surface area contributed by atoms with Crippen molar-refractivity contribution in [2.75, 3.05) is 0 Å². The van der Waals surface area contributed by atoms with Crippen molar-refractivity contribution < 1.29 is 14.4 Å². The standard InChI is InChI=1S/C32H67O3P/c1-4-7-10-13-16-17-18-19-20-21-22-25-28-31-32(36(33,34)35,29-26-23-14-11-8-5-2)30-27-24-15-12-9-6-3/h4-31H2,1-3H3,(H2,33,34,35). The smallest absolute Gasteiger partial charge is 0.324 e. The lowest BCUT2D eigenvalue weighted by Crippen LogP contribution is -2.29. The molecule has 2 N–H and O–H groups in total. The highest BCUT2D eigenvalue weighted by Gasteiger charge is 2.44. The maximum atomic E-state index is 12.8. The van der Waals surface area contributed by atoms with E-state index in [1.165, 1.54) is 122 Å². The average Bonchev–Trinajstić information content (AvgIpc) is 2.85. The minimum absolute atomic E-state index is 0.719. The zero-order valence-electron chi connectivity index (χ0n) is 25.0. The molecule has 0 aromatic carbocycles. The van der Waals surface area contributed by atoms with Crippen molar-refractivity contribution >= 4 is 7.60 Å². The van der Waals surface area contributed by atoms with E-state index in [0.717, 1.165) is 57.8 Å². The number of hydrogen-bond donors (Lipinski definition) is 2. The lowest BCUT2D eigenvalue weighted by Gasteiger charge is -2.35. The van der Waals surface area contributed by atoms with Crippen molar-refractivity contribution in [1.29, 1.82) is 0 Å². The van der Waals surface area contributed by atoms with Crippen LogP contribution in [0, 0.1) is 0 Å². The van der Waals surface area contributed by atoms with Crippen molar-refractivity contribution in [1.82, 2.24) is 0 Å². The molecular weight excluding hydrogens is 463 g/mol. The summed E-state index contributed by atoms with van der Waals surface area (Å²) < 4.78 is 12.8. The molecule has 218 valence electrons. The van der Waals surface area contributed by atoms with Gasteiger partial charge >= 0.3 is 7.60 Å². The average molecular weight is 531 g/mol. The van der Waals surface area contributed by atoms with Gasteiger partial charge in [0.15, 0.2) is 0 Å². The summed E-state index contributed by atoms with van der Waals surface area (Å²) in [6, 6.07) is 0. The molecule has 0 rings (SSSR count). The SMILES string of the molecule is CCCCCCCCCCCCCCCC(CCCCCCCC)(CCCCCCCC)P(=O)(O)O. The van der Waals surface area contributed by atoms with Gasteiger partial charge in [-0.2, -0.15) is 0 Å². The van der Waals surface area contributed by atoms with E-state index in [1.54, 1.807) is 0 Å². The fourth-order valence-corrected chi connectivity index (χ4v) is 7.10. The molecule has 0 amide bonds. The van der Waals surface area contributed by atoms with E-state index in [4.69, 9.17) is 0 Å². The molecular formula is C32H67O3P. The zero-order chi connectivity index (χ0) is 26.8. The van der Waals surface area contributed by atoms with Crippen molar-refractivity contribution in [2.24, 2.45) is 0 Å². The Morgan fingerprint density at radius 3 is 0.778 bits per heavy atom. The molecule has 36 heavy (non-hydrogen) atoms. The second-order valence-corrected chi connectivity index (χ2v) is 13.8. The van der Waals surface area contributed by atoms with E-state index in [9.17, 15) is 14.4 Å². The largest absolute Gasteiger partial charge is 0.331 e. The van der Waals surface area contributed by atoms with Gasteiger partial charge in [0.1, 0.15) is 0 Å². The molecule has 0 unspecified atom stereocenters. The summed E-state index contributed by atoms with van der Waals surface area (Å²) in [6.45, 7) is 6.74. The molecule has 0 aliphatic heterocycles. The highest BCUT2D eigenvalue weighted by Crippen LogP contribution is 2.58. The van der Waals surface area contributed by atoms with Gasteiger partial charge in [-0.3, -0.25) is 4.57 Å². The molecule has 0 saturated carbocycles. The van der Waals surface area contributed by atoms with Crippen molar-refractivity contribution in [3.63, 3.8) is 0 Å². The Morgan fingerprint density at radius 2 is 0.583 bits per heavy atom. The molecule has 0 bridgehead atoms. The van der Waals surface area contributed by atoms with Crippen LogP contribution >= 0.6 is 7.60 Å². The normalized spacial score (nSPS) is 12.5. The summed E-state index contributed by atoms with van der Waals surface area (Å²) in [5.41, 5.74) is 0. The van der Waals surface area contributed by atoms with Gasteiger partial charge in [0.05, 0.1) is 5.16 Å². The number of unbranched alkanes of at least 4 members (excludes halogenated alkanes) is 22. The van der Waals surface area contributed by atoms with E-state index < -0.39 is 12.8 Å². The van der Waals surface area contributed by atoms with Crippen LogP contribution < -0.4 is 0 Å². The monoisotopic (exact) mass is 530 g/mol. The van der Waals surface area contributed by atoms with Crippen LogP contribution in [0.2, 0.25) is 0 Å². The topological polar surface area (TPSA) is 57.5 Å². The van der Waals surface area contributed by atoms with Crippen LogP contribution in [0.4, 0.5) is 0 Å². The van der Waals surface area contributed by atoms with Crippen LogP contribution in [0.3, 0.4) is 0 Å². The van der Waals surface area contributed by atoms with Crippen LogP contribution in [-0.4, -0.2) is 14.9 Å². The summed E-state index contributed by atoms with van der Waals surface area (Å²) >= 11 is 0. The van der Waals surface area contributed by atoms with E-state index in [1.807, 2.05) is 0 Å². The van der Waals surface area contributed by atoms with Gasteiger partial charge in [-0.1, -0.05) is 181 Å². The lowest BCUT2D eigenvalue weighted by molar-refractivity contribution is 0.281. The Morgan fingerprint density at radius 1 is 0.389 bits per heavy atom. The maximum Gasteiger partial charge on any atom is 0.331 e. The van der Waals surface area contributed by atoms with Crippen LogP contribution in [0.5, 0.6) is 0 Å². The summed E-state index contributed by atoms with van der Waals surface area (Å²) in [7, 11) is -4.11. The van der Waals surface area contributed by atoms with E-state index in [2.05, 4.69) is 20.8 Å². The van der Waals surface area contributed by atoms with E-state index >= 15 is 0 Å². The Labute approximate surface area is 227 Å². The van der Waals surface area contributed by atoms with Gasteiger partial charge in [-0.05, 0) is 19.3 Å². The van der Waals surface area contributed by atoms with Crippen molar-refractivity contribution in [3.8, 4) is 0 Å². The molecule has 0 saturated heterocycles. The molecule has 0 aliphatic carbocycles. The molecule has 0 fully saturated rings. The highest BCUT2D eigenvalue weighted by molar-refractivity contribution is 7.53. The van der Waals surface area contributed by atoms with Gasteiger partial charge in [-0.15, -0.1) is 0 Å². The third-order valence-corrected chi connectivity index (χ3v) is 10.3. The van der Waals surface area contributed by atoms with Crippen LogP contribution in [0.1, 0.15) is 201 Å². The predicted octanol–water partition coefficient (Wildman–Crippen LogP) is 11.9. The molecule has 4 heteroatoms. The number of hydrogen-bond acceptors (Lipinski definition) is 1. The Hall–Kier alpha value is 0.150. The van der Waals surface area contributed by atoms with Gasteiger partial charge in [-0.25, -0.2) is 0 Å². The fraction of sp³-hybridized carbons (Fsp3) is 1.00. The summed E-state index contributed by atoms with van der Waals surface area (Å²) in [5.74, 6) is 0. The molecule has 0 heterocycles. The third-order valence-electron chi connectivity index (χ3n) is 8.35. The molecule has 0 aromatic rings. The molecule has 0 radical (unpaired) electrons. The summed E-state index contributed by atoms with van der Waals surface area (Å²) in [5, 5.41) is -0.764. The van der Waals surface area contributed by atoms with Gasteiger partial charge in [0.2, 0.25) is 0 Å². The predicted molar refractivity (Wildman–Crippen MR) is 161 cm³/mol. The first kappa shape index (κ1) is 36.1. The third kappa shape index (κ3) is 20.2. The van der Waals surface area contributed by atoms with Crippen LogP contribution in [0.25, 0.3) is 0 Å². The van der Waals surface area contributed by atoms with E-state index in [-0.39, 0.29) is 0 Å². The summed E-state index contributed by atoms with van der Waals surface area (Å²) in [6.07, 6.45) is 33.3. The highest BCUT2D eigenvalue weighted by atomic mass is 31.2. The second-order valence-electron chi connectivity index (χ2n) is 11.8. The molecule has 3 nitrogen and oxygen atoms in total. The van der Waals surface area contributed by atoms with Gasteiger partial charge in [0, 0.05) is 0 Å².